The lowest BCUT2D eigenvalue weighted by Gasteiger charge is -2.31. The van der Waals surface area contributed by atoms with Crippen LogP contribution in [-0.2, 0) is 105 Å². The highest BCUT2D eigenvalue weighted by molar-refractivity contribution is 6.03. The Morgan fingerprint density at radius 2 is 0.507 bits per heavy atom. The van der Waals surface area contributed by atoms with Gasteiger partial charge in [-0.05, 0) is 138 Å². The summed E-state index contributed by atoms with van der Waals surface area (Å²) in [5, 5.41) is 138. The number of aliphatic carboxylic acids is 6. The molecule has 16 amide bonds. The third kappa shape index (κ3) is 51.6. The summed E-state index contributed by atoms with van der Waals surface area (Å²) < 4.78 is 0. The number of carbonyl (C=O) groups is 22. The first-order valence-electron chi connectivity index (χ1n) is 47.5. The van der Waals surface area contributed by atoms with Crippen LogP contribution in [0.15, 0.2) is 0 Å². The van der Waals surface area contributed by atoms with Gasteiger partial charge >= 0.3 is 35.8 Å². The van der Waals surface area contributed by atoms with E-state index >= 15 is 0 Å². The van der Waals surface area contributed by atoms with Gasteiger partial charge in [0.1, 0.15) is 96.7 Å². The second-order valence-corrected chi connectivity index (χ2v) is 36.2. The summed E-state index contributed by atoms with van der Waals surface area (Å²) in [6, 6.07) is -29.9. The van der Waals surface area contributed by atoms with Crippen molar-refractivity contribution in [2.24, 2.45) is 69.9 Å². The van der Waals surface area contributed by atoms with E-state index in [4.69, 9.17) is 50.6 Å². The minimum atomic E-state index is -2.36. The van der Waals surface area contributed by atoms with Gasteiger partial charge in [-0.15, -0.1) is 0 Å². The van der Waals surface area contributed by atoms with Crippen LogP contribution in [-0.4, -0.2) is 326 Å². The first-order chi connectivity index (χ1) is 67.3. The Balaban J connectivity index is 7.51. The van der Waals surface area contributed by atoms with E-state index in [2.05, 4.69) is 95.7 Å². The number of hydrogen-bond donors (Lipinski definition) is 35. The van der Waals surface area contributed by atoms with Crippen molar-refractivity contribution in [3.05, 3.63) is 0 Å². The Kier molecular flexibility index (Phi) is 61.6. The maximum Gasteiger partial charge on any atom is 0.326 e. The summed E-state index contributed by atoms with van der Waals surface area (Å²) in [6.45, 7) is 17.6. The molecule has 0 saturated heterocycles. The number of guanidine groups is 3. The summed E-state index contributed by atoms with van der Waals surface area (Å²) in [7, 11) is 0. The maximum atomic E-state index is 14.7. The van der Waals surface area contributed by atoms with Crippen molar-refractivity contribution >= 4 is 148 Å². The van der Waals surface area contributed by atoms with Gasteiger partial charge in [0, 0.05) is 26.1 Å². The molecule has 816 valence electrons. The van der Waals surface area contributed by atoms with Crippen LogP contribution < -0.4 is 135 Å². The third-order valence-electron chi connectivity index (χ3n) is 22.5. The molecule has 0 aromatic heterocycles. The Morgan fingerprint density at radius 1 is 0.271 bits per heavy atom. The molecule has 0 aliphatic rings. The lowest BCUT2D eigenvalue weighted by molar-refractivity contribution is -0.144. The van der Waals surface area contributed by atoms with Crippen LogP contribution in [0.2, 0.25) is 0 Å². The van der Waals surface area contributed by atoms with E-state index in [0.717, 1.165) is 0 Å². The number of rotatable bonds is 74. The lowest BCUT2D eigenvalue weighted by atomic mass is 9.95. The molecule has 0 bridgehead atoms. The normalized spacial score (nSPS) is 15.1. The number of aliphatic hydroxyl groups excluding tert-OH is 1. The monoisotopic (exact) mass is 2060 g/mol. The molecule has 0 aliphatic carbocycles. The molecule has 0 spiro atoms. The topological polar surface area (TPSA) is 973 Å². The molecule has 0 rings (SSSR count). The van der Waals surface area contributed by atoms with E-state index in [9.17, 15) is 141 Å². The summed E-state index contributed by atoms with van der Waals surface area (Å²) in [5.41, 5.74) is 33.6. The Bertz CT molecular complexity index is 4350. The standard InChI is InChI=1S/C87H154N28O29/c1-13-44(11)66(83(142)109-55(37-61(123)124)76(135)107-56(38-62(125)126)77(136)112-63(41(5)6)79(138)108-52(34-40(3)4)73(132)104-51(84(143)144)24-16-18-30-89)114-72(131)49(26-21-33-99-87(95)96)101-74(133)53(35-59(119)120)106-75(134)54(36-60(121)122)105-70(129)50(27-28-58(117)118)103-82(141)67(45(12)14-2)115-81(140)65(43(9)10)113-80(139)64(42(7)8)111-71(130)48(25-20-32-98-86(93)94)100-69(128)47(23-15-17-29-88)102-78(137)57(39-116)110-68(127)46(90)22-19-31-97-85(91)92/h40-57,63-67,116H,13-39,88-90H2,1-12H3,(H,100,128)(H,101,133)(H,102,137)(H,103,141)(H,104,132)(H,105,129)(H,106,134)(H,107,135)(H,108,138)(H,109,142)(H,110,127)(H,111,130)(H,112,136)(H,113,139)(H,114,131)(H,115,140)(H,117,118)(H,119,120)(H,121,122)(H,123,124)(H,125,126)(H,143,144)(H4,91,92,97)(H4,93,94,98)(H4,95,96,99)/t44-,45-,46-,47-,48-,49-,50-,51-,52-,53-,54-,55-,56-,57-,63-,64-,65-,66-,67-/m0/s1. The number of carbonyl (C=O) groups excluding carboxylic acids is 16. The third-order valence-corrected chi connectivity index (χ3v) is 22.5. The molecule has 0 aromatic carbocycles. The molecule has 41 N–H and O–H groups in total. The largest absolute Gasteiger partial charge is 0.481 e. The predicted molar refractivity (Wildman–Crippen MR) is 516 cm³/mol. The fraction of sp³-hybridized carbons (Fsp3) is 0.713. The summed E-state index contributed by atoms with van der Waals surface area (Å²) >= 11 is 0. The molecule has 0 heterocycles. The minimum absolute atomic E-state index is 0.0131. The zero-order chi connectivity index (χ0) is 110. The number of unbranched alkanes of at least 4 members (excludes halogenated alkanes) is 2. The van der Waals surface area contributed by atoms with Crippen LogP contribution in [0.5, 0.6) is 0 Å². The molecule has 0 radical (unpaired) electrons. The SMILES string of the molecule is CC[C@H](C)[C@H](NC(=O)[C@H](CCCNC(=N)N)NC(=O)[C@H](CC(=O)O)NC(=O)[C@H](CC(=O)O)NC(=O)[C@H](CCC(=O)O)NC(=O)[C@@H](NC(=O)[C@@H](NC(=O)[C@@H](NC(=O)[C@H](CCCNC(=N)N)NC(=O)[C@H](CCCCN)NC(=O)[C@H](CO)NC(=O)[C@@H](N)CCCNC(=N)N)C(C)C)C(C)C)[C@@H](C)CC)C(=O)N[C@@H](CC(=O)O)C(=O)N[C@@H](CC(=O)O)C(=O)N[C@H](C(=O)N[C@@H](CC(C)C)C(=O)N[C@@H](CCCCN)C(=O)O)C(C)C. The summed E-state index contributed by atoms with van der Waals surface area (Å²) in [5.74, 6) is -35.4. The van der Waals surface area contributed by atoms with Crippen LogP contribution in [0, 0.1) is 51.7 Å². The number of nitrogens with two attached hydrogens (primary N) is 6. The van der Waals surface area contributed by atoms with Crippen molar-refractivity contribution in [3.8, 4) is 0 Å². The van der Waals surface area contributed by atoms with Crippen molar-refractivity contribution in [2.75, 3.05) is 39.3 Å². The molecule has 0 aromatic rings. The van der Waals surface area contributed by atoms with Crippen molar-refractivity contribution in [2.45, 2.75) is 321 Å². The summed E-state index contributed by atoms with van der Waals surface area (Å²) in [4.78, 5) is 302. The van der Waals surface area contributed by atoms with Gasteiger partial charge in [-0.25, -0.2) is 4.79 Å². The number of carboxylic acid groups (broad SMARTS) is 6. The number of aliphatic hydroxyl groups is 1. The Morgan fingerprint density at radius 3 is 0.819 bits per heavy atom. The van der Waals surface area contributed by atoms with Gasteiger partial charge in [-0.3, -0.25) is 117 Å². The molecular formula is C87H154N28O29. The molecule has 0 unspecified atom stereocenters. The molecule has 57 nitrogen and oxygen atoms in total. The maximum absolute atomic E-state index is 14.7. The molecule has 144 heavy (non-hydrogen) atoms. The van der Waals surface area contributed by atoms with E-state index in [1.165, 1.54) is 62.3 Å². The van der Waals surface area contributed by atoms with Crippen LogP contribution in [0.3, 0.4) is 0 Å². The minimum Gasteiger partial charge on any atom is -0.481 e. The van der Waals surface area contributed by atoms with Gasteiger partial charge in [-0.2, -0.15) is 0 Å². The molecule has 0 saturated carbocycles. The summed E-state index contributed by atoms with van der Waals surface area (Å²) in [6.07, 6.45) is -6.41. The average molecular weight is 2060 g/mol. The van der Waals surface area contributed by atoms with Gasteiger partial charge in [0.25, 0.3) is 0 Å². The van der Waals surface area contributed by atoms with Crippen LogP contribution in [0.1, 0.15) is 218 Å². The van der Waals surface area contributed by atoms with Crippen molar-refractivity contribution < 1.29 is 141 Å². The zero-order valence-electron chi connectivity index (χ0n) is 83.4. The number of amides is 16. The number of nitrogens with one attached hydrogen (secondary N) is 22. The van der Waals surface area contributed by atoms with Gasteiger partial charge in [0.05, 0.1) is 38.3 Å². The van der Waals surface area contributed by atoms with Crippen LogP contribution in [0.25, 0.3) is 0 Å². The molecule has 0 aliphatic heterocycles. The zero-order valence-corrected chi connectivity index (χ0v) is 83.4. The lowest BCUT2D eigenvalue weighted by Crippen LogP contribution is -2.63. The Hall–Kier alpha value is -14.0. The molecule has 0 fully saturated rings. The van der Waals surface area contributed by atoms with Crippen LogP contribution in [0.4, 0.5) is 0 Å². The fourth-order valence-corrected chi connectivity index (χ4v) is 14.0. The first-order valence-corrected chi connectivity index (χ1v) is 47.5. The fourth-order valence-electron chi connectivity index (χ4n) is 14.0. The highest BCUT2D eigenvalue weighted by atomic mass is 16.4. The van der Waals surface area contributed by atoms with Gasteiger partial charge in [0.2, 0.25) is 94.5 Å². The van der Waals surface area contributed by atoms with E-state index in [-0.39, 0.29) is 115 Å². The van der Waals surface area contributed by atoms with Gasteiger partial charge < -0.3 is 171 Å². The molecular weight excluding hydrogens is 1900 g/mol. The average Bonchev–Trinajstić information content (AvgIpc) is 0.839. The highest BCUT2D eigenvalue weighted by Gasteiger charge is 2.43. The molecule has 19 atom stereocenters. The second kappa shape index (κ2) is 68.2. The van der Waals surface area contributed by atoms with E-state index in [1.807, 2.05) is 5.32 Å². The van der Waals surface area contributed by atoms with Crippen molar-refractivity contribution in [1.29, 1.82) is 16.2 Å². The number of carboxylic acids is 6. The van der Waals surface area contributed by atoms with Crippen molar-refractivity contribution in [3.63, 3.8) is 0 Å². The van der Waals surface area contributed by atoms with Gasteiger partial charge in [-0.1, -0.05) is 95.9 Å². The van der Waals surface area contributed by atoms with Crippen LogP contribution >= 0.6 is 0 Å². The quantitative estimate of drug-likeness (QED) is 0.0153. The van der Waals surface area contributed by atoms with Gasteiger partial charge in [0.15, 0.2) is 17.9 Å². The van der Waals surface area contributed by atoms with E-state index in [0.29, 0.717) is 19.3 Å². The van der Waals surface area contributed by atoms with Crippen molar-refractivity contribution in [1.82, 2.24) is 101 Å². The Labute approximate surface area is 833 Å². The predicted octanol–water partition coefficient (Wildman–Crippen LogP) is -8.93. The van der Waals surface area contributed by atoms with E-state index < -0.39 is 326 Å². The number of hydrogen-bond acceptors (Lipinski definition) is 29. The highest BCUT2D eigenvalue weighted by Crippen LogP contribution is 2.19. The first kappa shape index (κ1) is 130. The molecule has 57 heteroatoms. The second-order valence-electron chi connectivity index (χ2n) is 36.2. The smallest absolute Gasteiger partial charge is 0.326 e. The van der Waals surface area contributed by atoms with E-state index in [1.54, 1.807) is 20.8 Å².